The molecule has 0 unspecified atom stereocenters. The maximum atomic E-state index is 11.8. The molecule has 1 heterocycles. The first-order chi connectivity index (χ1) is 11.1. The number of rotatable bonds is 6. The molecule has 0 aliphatic heterocycles. The van der Waals surface area contributed by atoms with Crippen molar-refractivity contribution in [2.24, 2.45) is 0 Å². The molecule has 1 N–H and O–H groups in total. The Morgan fingerprint density at radius 1 is 1.26 bits per heavy atom. The molecular formula is C16H14BrNO5. The van der Waals surface area contributed by atoms with Crippen molar-refractivity contribution in [3.05, 3.63) is 52.9 Å². The Bertz CT molecular complexity index is 723. The summed E-state index contributed by atoms with van der Waals surface area (Å²) in [6.07, 6.45) is 2.63. The topological polar surface area (TPSA) is 77.8 Å². The van der Waals surface area contributed by atoms with Crippen LogP contribution in [0.3, 0.4) is 0 Å². The summed E-state index contributed by atoms with van der Waals surface area (Å²) in [7, 11) is 1.50. The van der Waals surface area contributed by atoms with Gasteiger partial charge in [0.2, 0.25) is 0 Å². The third-order valence-corrected chi connectivity index (χ3v) is 3.13. The second-order valence-corrected chi connectivity index (χ2v) is 5.11. The third kappa shape index (κ3) is 5.30. The van der Waals surface area contributed by atoms with E-state index in [2.05, 4.69) is 21.2 Å². The number of amides is 1. The minimum absolute atomic E-state index is 0.400. The number of anilines is 1. The molecule has 0 bridgehead atoms. The van der Waals surface area contributed by atoms with Crippen molar-refractivity contribution >= 4 is 39.6 Å². The smallest absolute Gasteiger partial charge is 0.331 e. The number of carbonyl (C=O) groups excluding carboxylic acids is 2. The van der Waals surface area contributed by atoms with Crippen LogP contribution in [0.1, 0.15) is 5.76 Å². The number of furan rings is 1. The van der Waals surface area contributed by atoms with E-state index in [1.165, 1.54) is 19.3 Å². The van der Waals surface area contributed by atoms with Crippen molar-refractivity contribution in [1.82, 2.24) is 0 Å². The molecule has 0 saturated carbocycles. The van der Waals surface area contributed by atoms with E-state index in [0.717, 1.165) is 0 Å². The number of carbonyl (C=O) groups is 2. The SMILES string of the molecule is COc1ccccc1NC(=O)COC(=O)C=Cc1ccc(Br)o1. The van der Waals surface area contributed by atoms with Crippen LogP contribution < -0.4 is 10.1 Å². The number of benzene rings is 1. The number of hydrogen-bond donors (Lipinski definition) is 1. The van der Waals surface area contributed by atoms with Crippen LogP contribution in [0.15, 0.2) is 51.6 Å². The quantitative estimate of drug-likeness (QED) is 0.615. The zero-order valence-electron chi connectivity index (χ0n) is 12.2. The first kappa shape index (κ1) is 16.8. The Hall–Kier alpha value is -2.54. The van der Waals surface area contributed by atoms with Gasteiger partial charge in [0, 0.05) is 6.08 Å². The molecule has 1 aromatic carbocycles. The molecule has 0 fully saturated rings. The monoisotopic (exact) mass is 379 g/mol. The van der Waals surface area contributed by atoms with Crippen LogP contribution in [-0.4, -0.2) is 25.6 Å². The van der Waals surface area contributed by atoms with Crippen LogP contribution in [0, 0.1) is 0 Å². The number of nitrogens with one attached hydrogen (secondary N) is 1. The molecule has 2 rings (SSSR count). The van der Waals surface area contributed by atoms with Crippen LogP contribution in [0.25, 0.3) is 6.08 Å². The number of hydrogen-bond acceptors (Lipinski definition) is 5. The molecule has 1 aromatic heterocycles. The fourth-order valence-electron chi connectivity index (χ4n) is 1.69. The molecule has 6 nitrogen and oxygen atoms in total. The summed E-state index contributed by atoms with van der Waals surface area (Å²) in [4.78, 5) is 23.3. The number of ether oxygens (including phenoxy) is 2. The van der Waals surface area contributed by atoms with Gasteiger partial charge in [-0.15, -0.1) is 0 Å². The summed E-state index contributed by atoms with van der Waals surface area (Å²) in [5, 5.41) is 2.60. The van der Waals surface area contributed by atoms with E-state index in [0.29, 0.717) is 21.9 Å². The zero-order chi connectivity index (χ0) is 16.7. The van der Waals surface area contributed by atoms with Crippen LogP contribution in [0.4, 0.5) is 5.69 Å². The highest BCUT2D eigenvalue weighted by Crippen LogP contribution is 2.22. The molecular weight excluding hydrogens is 366 g/mol. The Morgan fingerprint density at radius 2 is 2.04 bits per heavy atom. The zero-order valence-corrected chi connectivity index (χ0v) is 13.8. The van der Waals surface area contributed by atoms with Gasteiger partial charge in [-0.2, -0.15) is 0 Å². The van der Waals surface area contributed by atoms with E-state index in [1.54, 1.807) is 36.4 Å². The van der Waals surface area contributed by atoms with Gasteiger partial charge in [0.25, 0.3) is 5.91 Å². The summed E-state index contributed by atoms with van der Waals surface area (Å²) in [6, 6.07) is 10.3. The average molecular weight is 380 g/mol. The van der Waals surface area contributed by atoms with E-state index < -0.39 is 18.5 Å². The molecule has 120 valence electrons. The van der Waals surface area contributed by atoms with Gasteiger partial charge >= 0.3 is 5.97 Å². The maximum absolute atomic E-state index is 11.8. The van der Waals surface area contributed by atoms with Crippen molar-refractivity contribution in [3.8, 4) is 5.75 Å². The Balaban J connectivity index is 1.82. The molecule has 1 amide bonds. The molecule has 0 spiro atoms. The van der Waals surface area contributed by atoms with Crippen LogP contribution in [-0.2, 0) is 14.3 Å². The van der Waals surface area contributed by atoms with Gasteiger partial charge in [-0.1, -0.05) is 12.1 Å². The van der Waals surface area contributed by atoms with Gasteiger partial charge in [-0.25, -0.2) is 4.79 Å². The largest absolute Gasteiger partial charge is 0.495 e. The highest BCUT2D eigenvalue weighted by atomic mass is 79.9. The van der Waals surface area contributed by atoms with Gasteiger partial charge in [0.05, 0.1) is 12.8 Å². The highest BCUT2D eigenvalue weighted by molar-refractivity contribution is 9.10. The summed E-state index contributed by atoms with van der Waals surface area (Å²) in [6.45, 7) is -0.400. The Kier molecular flexibility index (Phi) is 5.99. The predicted octanol–water partition coefficient (Wildman–Crippen LogP) is 3.25. The summed E-state index contributed by atoms with van der Waals surface area (Å²) in [5.41, 5.74) is 0.507. The van der Waals surface area contributed by atoms with Gasteiger partial charge in [0.15, 0.2) is 11.3 Å². The molecule has 23 heavy (non-hydrogen) atoms. The van der Waals surface area contributed by atoms with Crippen LogP contribution >= 0.6 is 15.9 Å². The summed E-state index contributed by atoms with van der Waals surface area (Å²) >= 11 is 3.15. The molecule has 0 aliphatic carbocycles. The van der Waals surface area contributed by atoms with Gasteiger partial charge in [-0.3, -0.25) is 4.79 Å². The van der Waals surface area contributed by atoms with E-state index in [9.17, 15) is 9.59 Å². The van der Waals surface area contributed by atoms with E-state index in [4.69, 9.17) is 13.9 Å². The fraction of sp³-hybridized carbons (Fsp3) is 0.125. The van der Waals surface area contributed by atoms with Gasteiger partial charge < -0.3 is 19.2 Å². The van der Waals surface area contributed by atoms with Crippen molar-refractivity contribution in [2.75, 3.05) is 19.0 Å². The highest BCUT2D eigenvalue weighted by Gasteiger charge is 2.09. The first-order valence-electron chi connectivity index (χ1n) is 6.61. The minimum atomic E-state index is -0.646. The Labute approximate surface area is 141 Å². The van der Waals surface area contributed by atoms with Crippen molar-refractivity contribution in [3.63, 3.8) is 0 Å². The predicted molar refractivity (Wildman–Crippen MR) is 88.0 cm³/mol. The second-order valence-electron chi connectivity index (χ2n) is 4.33. The number of methoxy groups -OCH3 is 1. The fourth-order valence-corrected chi connectivity index (χ4v) is 2.01. The Morgan fingerprint density at radius 3 is 2.74 bits per heavy atom. The lowest BCUT2D eigenvalue weighted by atomic mass is 10.3. The van der Waals surface area contributed by atoms with Gasteiger partial charge in [-0.05, 0) is 46.3 Å². The van der Waals surface area contributed by atoms with Crippen LogP contribution in [0.2, 0.25) is 0 Å². The first-order valence-corrected chi connectivity index (χ1v) is 7.41. The molecule has 0 saturated heterocycles. The maximum Gasteiger partial charge on any atom is 0.331 e. The van der Waals surface area contributed by atoms with E-state index >= 15 is 0 Å². The van der Waals surface area contributed by atoms with Crippen molar-refractivity contribution in [2.45, 2.75) is 0 Å². The molecule has 2 aromatic rings. The standard InChI is InChI=1S/C16H14BrNO5/c1-21-13-5-3-2-4-12(13)18-15(19)10-22-16(20)9-7-11-6-8-14(17)23-11/h2-9H,10H2,1H3,(H,18,19). The number of esters is 1. The second kappa shape index (κ2) is 8.19. The van der Waals surface area contributed by atoms with Gasteiger partial charge in [0.1, 0.15) is 11.5 Å². The molecule has 0 radical (unpaired) electrons. The summed E-state index contributed by atoms with van der Waals surface area (Å²) in [5.74, 6) is -0.0903. The average Bonchev–Trinajstić information content (AvgIpc) is 2.97. The summed E-state index contributed by atoms with van der Waals surface area (Å²) < 4.78 is 15.7. The normalized spacial score (nSPS) is 10.5. The van der Waals surface area contributed by atoms with Crippen molar-refractivity contribution < 1.29 is 23.5 Å². The van der Waals surface area contributed by atoms with Crippen molar-refractivity contribution in [1.29, 1.82) is 0 Å². The molecule has 0 aliphatic rings. The number of para-hydroxylation sites is 2. The molecule has 7 heteroatoms. The lowest BCUT2D eigenvalue weighted by Crippen LogP contribution is -2.20. The lowest BCUT2D eigenvalue weighted by molar-refractivity contribution is -0.142. The third-order valence-electron chi connectivity index (χ3n) is 2.70. The lowest BCUT2D eigenvalue weighted by Gasteiger charge is -2.09. The van der Waals surface area contributed by atoms with E-state index in [-0.39, 0.29) is 0 Å². The number of halogens is 1. The van der Waals surface area contributed by atoms with E-state index in [1.807, 2.05) is 0 Å². The minimum Gasteiger partial charge on any atom is -0.495 e. The van der Waals surface area contributed by atoms with Crippen LogP contribution in [0.5, 0.6) is 5.75 Å². The molecule has 0 atom stereocenters.